The van der Waals surface area contributed by atoms with Crippen LogP contribution in [-0.2, 0) is 19.4 Å². The second kappa shape index (κ2) is 5.46. The number of hydrogen-bond donors (Lipinski definition) is 1. The predicted octanol–water partition coefficient (Wildman–Crippen LogP) is -0.284. The smallest absolute Gasteiger partial charge is 0.319 e. The minimum atomic E-state index is -2.91. The molecule has 0 aromatic heterocycles. The van der Waals surface area contributed by atoms with E-state index in [9.17, 15) is 13.2 Å². The van der Waals surface area contributed by atoms with Crippen LogP contribution in [0.4, 0.5) is 0 Å². The van der Waals surface area contributed by atoms with Crippen LogP contribution in [0.15, 0.2) is 0 Å². The molecule has 6 heteroatoms. The van der Waals surface area contributed by atoms with E-state index in [1.807, 2.05) is 0 Å². The van der Waals surface area contributed by atoms with Gasteiger partial charge in [-0.2, -0.15) is 0 Å². The average molecular weight is 235 g/mol. The van der Waals surface area contributed by atoms with Gasteiger partial charge in [0, 0.05) is 6.54 Å². The number of sulfone groups is 1. The van der Waals surface area contributed by atoms with Crippen LogP contribution < -0.4 is 5.32 Å². The third-order valence-electron chi connectivity index (χ3n) is 2.41. The average Bonchev–Trinajstić information content (AvgIpc) is 2.46. The molecule has 1 saturated heterocycles. The van der Waals surface area contributed by atoms with Crippen molar-refractivity contribution in [1.82, 2.24) is 5.32 Å². The van der Waals surface area contributed by atoms with E-state index in [0.29, 0.717) is 19.6 Å². The lowest BCUT2D eigenvalue weighted by Gasteiger charge is -2.09. The van der Waals surface area contributed by atoms with Gasteiger partial charge < -0.3 is 10.1 Å². The highest BCUT2D eigenvalue weighted by Gasteiger charge is 2.30. The largest absolute Gasteiger partial charge is 0.465 e. The maximum atomic E-state index is 11.4. The summed E-state index contributed by atoms with van der Waals surface area (Å²) >= 11 is 0. The molecule has 5 nitrogen and oxygen atoms in total. The minimum Gasteiger partial charge on any atom is -0.465 e. The molecule has 0 saturated carbocycles. The first-order valence-corrected chi connectivity index (χ1v) is 6.85. The molecule has 1 aliphatic rings. The molecule has 0 aromatic rings. The van der Waals surface area contributed by atoms with Gasteiger partial charge in [-0.15, -0.1) is 0 Å². The molecule has 0 aliphatic carbocycles. The summed E-state index contributed by atoms with van der Waals surface area (Å²) < 4.78 is 27.5. The van der Waals surface area contributed by atoms with Gasteiger partial charge >= 0.3 is 5.97 Å². The van der Waals surface area contributed by atoms with E-state index in [1.54, 1.807) is 6.92 Å². The number of esters is 1. The lowest BCUT2D eigenvalue weighted by Crippen LogP contribution is -2.34. The van der Waals surface area contributed by atoms with Crippen molar-refractivity contribution in [3.05, 3.63) is 0 Å². The Bertz CT molecular complexity index is 312. The summed E-state index contributed by atoms with van der Waals surface area (Å²) in [5.41, 5.74) is 0. The molecule has 1 fully saturated rings. The number of carbonyl (C=O) groups excluding carboxylic acids is 1. The van der Waals surface area contributed by atoms with Crippen LogP contribution in [0.3, 0.4) is 0 Å². The van der Waals surface area contributed by atoms with Gasteiger partial charge in [0.05, 0.1) is 24.2 Å². The standard InChI is InChI=1S/C9H17NO4S/c1-2-14-9(11)7-10-6-8-4-3-5-15(8,12)13/h8,10H,2-7H2,1H3. The van der Waals surface area contributed by atoms with Gasteiger partial charge in [-0.3, -0.25) is 4.79 Å². The van der Waals surface area contributed by atoms with E-state index in [-0.39, 0.29) is 23.5 Å². The summed E-state index contributed by atoms with van der Waals surface area (Å²) in [7, 11) is -2.91. The number of carbonyl (C=O) groups is 1. The van der Waals surface area contributed by atoms with Gasteiger partial charge in [0.15, 0.2) is 9.84 Å². The molecule has 0 radical (unpaired) electrons. The second-order valence-corrected chi connectivity index (χ2v) is 5.97. The molecular weight excluding hydrogens is 218 g/mol. The molecule has 1 rings (SSSR count). The number of nitrogens with one attached hydrogen (secondary N) is 1. The lowest BCUT2D eigenvalue weighted by molar-refractivity contribution is -0.141. The Balaban J connectivity index is 2.23. The molecular formula is C9H17NO4S. The van der Waals surface area contributed by atoms with Gasteiger partial charge in [0.25, 0.3) is 0 Å². The zero-order valence-corrected chi connectivity index (χ0v) is 9.68. The van der Waals surface area contributed by atoms with E-state index in [2.05, 4.69) is 5.32 Å². The first-order valence-electron chi connectivity index (χ1n) is 5.14. The summed E-state index contributed by atoms with van der Waals surface area (Å²) in [6.45, 7) is 2.52. The SMILES string of the molecule is CCOC(=O)CNCC1CCCS1(=O)=O. The Morgan fingerprint density at radius 1 is 1.53 bits per heavy atom. The molecule has 0 spiro atoms. The fourth-order valence-electron chi connectivity index (χ4n) is 1.63. The zero-order chi connectivity index (χ0) is 11.3. The molecule has 1 heterocycles. The van der Waals surface area contributed by atoms with Crippen molar-refractivity contribution in [3.63, 3.8) is 0 Å². The van der Waals surface area contributed by atoms with Crippen LogP contribution in [0, 0.1) is 0 Å². The van der Waals surface area contributed by atoms with E-state index >= 15 is 0 Å². The normalized spacial score (nSPS) is 23.9. The number of rotatable bonds is 5. The van der Waals surface area contributed by atoms with Crippen LogP contribution in [0.5, 0.6) is 0 Å². The van der Waals surface area contributed by atoms with Gasteiger partial charge in [0.2, 0.25) is 0 Å². The molecule has 15 heavy (non-hydrogen) atoms. The van der Waals surface area contributed by atoms with E-state index in [1.165, 1.54) is 0 Å². The maximum absolute atomic E-state index is 11.4. The molecule has 1 atom stereocenters. The Morgan fingerprint density at radius 2 is 2.27 bits per heavy atom. The summed E-state index contributed by atoms with van der Waals surface area (Å²) in [6.07, 6.45) is 1.42. The molecule has 0 bridgehead atoms. The van der Waals surface area contributed by atoms with E-state index < -0.39 is 9.84 Å². The van der Waals surface area contributed by atoms with Crippen molar-refractivity contribution in [2.45, 2.75) is 25.0 Å². The highest BCUT2D eigenvalue weighted by molar-refractivity contribution is 7.92. The fraction of sp³-hybridized carbons (Fsp3) is 0.889. The van der Waals surface area contributed by atoms with Gasteiger partial charge in [-0.1, -0.05) is 0 Å². The zero-order valence-electron chi connectivity index (χ0n) is 8.86. The topological polar surface area (TPSA) is 72.5 Å². The Morgan fingerprint density at radius 3 is 2.80 bits per heavy atom. The minimum absolute atomic E-state index is 0.0832. The van der Waals surface area contributed by atoms with Crippen molar-refractivity contribution >= 4 is 15.8 Å². The number of ether oxygens (including phenoxy) is 1. The van der Waals surface area contributed by atoms with Gasteiger partial charge in [0.1, 0.15) is 0 Å². The Labute approximate surface area is 90.1 Å². The predicted molar refractivity (Wildman–Crippen MR) is 56.3 cm³/mol. The van der Waals surface area contributed by atoms with Crippen molar-refractivity contribution < 1.29 is 17.9 Å². The van der Waals surface area contributed by atoms with Crippen LogP contribution in [0.1, 0.15) is 19.8 Å². The summed E-state index contributed by atoms with van der Waals surface area (Å²) in [6, 6.07) is 0. The van der Waals surface area contributed by atoms with Crippen molar-refractivity contribution in [3.8, 4) is 0 Å². The molecule has 1 unspecified atom stereocenters. The lowest BCUT2D eigenvalue weighted by atomic mass is 10.2. The highest BCUT2D eigenvalue weighted by Crippen LogP contribution is 2.18. The van der Waals surface area contributed by atoms with Gasteiger partial charge in [-0.25, -0.2) is 8.42 Å². The summed E-state index contributed by atoms with van der Waals surface area (Å²) in [5, 5.41) is 2.49. The molecule has 1 aliphatic heterocycles. The van der Waals surface area contributed by atoms with Crippen LogP contribution in [-0.4, -0.2) is 45.1 Å². The Hall–Kier alpha value is -0.620. The maximum Gasteiger partial charge on any atom is 0.319 e. The first-order chi connectivity index (χ1) is 7.06. The van der Waals surface area contributed by atoms with Crippen molar-refractivity contribution in [2.75, 3.05) is 25.4 Å². The van der Waals surface area contributed by atoms with E-state index in [4.69, 9.17) is 4.74 Å². The monoisotopic (exact) mass is 235 g/mol. The van der Waals surface area contributed by atoms with Crippen LogP contribution in [0.2, 0.25) is 0 Å². The second-order valence-electron chi connectivity index (χ2n) is 3.57. The first kappa shape index (κ1) is 12.4. The van der Waals surface area contributed by atoms with Crippen LogP contribution in [0.25, 0.3) is 0 Å². The third kappa shape index (κ3) is 3.79. The van der Waals surface area contributed by atoms with Gasteiger partial charge in [-0.05, 0) is 19.8 Å². The molecule has 88 valence electrons. The van der Waals surface area contributed by atoms with Crippen molar-refractivity contribution in [2.24, 2.45) is 0 Å². The third-order valence-corrected chi connectivity index (χ3v) is 4.69. The van der Waals surface area contributed by atoms with E-state index in [0.717, 1.165) is 6.42 Å². The van der Waals surface area contributed by atoms with Crippen molar-refractivity contribution in [1.29, 1.82) is 0 Å². The Kier molecular flexibility index (Phi) is 4.53. The number of hydrogen-bond acceptors (Lipinski definition) is 5. The molecule has 1 N–H and O–H groups in total. The summed E-state index contributed by atoms with van der Waals surface area (Å²) in [4.78, 5) is 10.9. The quantitative estimate of drug-likeness (QED) is 0.663. The molecule has 0 aromatic carbocycles. The fourth-order valence-corrected chi connectivity index (χ4v) is 3.43. The molecule has 0 amide bonds. The summed E-state index contributed by atoms with van der Waals surface area (Å²) in [5.74, 6) is -0.0634. The highest BCUT2D eigenvalue weighted by atomic mass is 32.2. The van der Waals surface area contributed by atoms with Crippen LogP contribution >= 0.6 is 0 Å².